The molecular formula is C24H35N5O6. The first-order valence-corrected chi connectivity index (χ1v) is 11.5. The van der Waals surface area contributed by atoms with Crippen molar-refractivity contribution >= 4 is 23.7 Å². The molecule has 0 saturated carbocycles. The number of nitrogens with one attached hydrogen (secondary N) is 1. The number of carboxylic acid groups (broad SMARTS) is 1. The number of hydrogen-bond acceptors (Lipinski definition) is 8. The van der Waals surface area contributed by atoms with Gasteiger partial charge in [0, 0.05) is 6.42 Å². The fraction of sp³-hybridized carbons (Fsp3) is 0.542. The number of phenols is 1. The number of nitrogens with zero attached hydrogens (tertiary/aromatic N) is 2. The predicted molar refractivity (Wildman–Crippen MR) is 128 cm³/mol. The molecule has 0 aliphatic carbocycles. The van der Waals surface area contributed by atoms with Gasteiger partial charge in [0.25, 0.3) is 0 Å². The lowest BCUT2D eigenvalue weighted by Crippen LogP contribution is -2.58. The summed E-state index contributed by atoms with van der Waals surface area (Å²) in [5.74, 6) is -3.69. The molecule has 3 amide bonds. The van der Waals surface area contributed by atoms with Gasteiger partial charge in [-0.05, 0) is 55.8 Å². The van der Waals surface area contributed by atoms with Crippen LogP contribution < -0.4 is 16.8 Å². The number of nitriles is 1. The highest BCUT2D eigenvalue weighted by Crippen LogP contribution is 2.18. The summed E-state index contributed by atoms with van der Waals surface area (Å²) in [7, 11) is 0. The van der Waals surface area contributed by atoms with E-state index in [1.165, 1.54) is 12.1 Å². The molecule has 0 aliphatic heterocycles. The van der Waals surface area contributed by atoms with Crippen LogP contribution in [0.15, 0.2) is 24.3 Å². The third-order valence-corrected chi connectivity index (χ3v) is 5.47. The van der Waals surface area contributed by atoms with E-state index in [-0.39, 0.29) is 30.9 Å². The average Bonchev–Trinajstić information content (AvgIpc) is 2.81. The number of imide groups is 1. The van der Waals surface area contributed by atoms with Crippen molar-refractivity contribution < 1.29 is 29.4 Å². The molecular weight excluding hydrogens is 454 g/mol. The molecule has 1 aromatic rings. The van der Waals surface area contributed by atoms with Gasteiger partial charge in [-0.15, -0.1) is 0 Å². The molecule has 7 N–H and O–H groups in total. The van der Waals surface area contributed by atoms with Crippen LogP contribution in [0.25, 0.3) is 0 Å². The predicted octanol–water partition coefficient (Wildman–Crippen LogP) is 0.644. The zero-order valence-corrected chi connectivity index (χ0v) is 20.1. The number of carboxylic acids is 1. The van der Waals surface area contributed by atoms with Crippen LogP contribution in [-0.4, -0.2) is 63.5 Å². The van der Waals surface area contributed by atoms with Gasteiger partial charge in [-0.1, -0.05) is 26.0 Å². The van der Waals surface area contributed by atoms with Crippen molar-refractivity contribution in [3.8, 4) is 11.8 Å². The van der Waals surface area contributed by atoms with Crippen LogP contribution in [0.2, 0.25) is 0 Å². The van der Waals surface area contributed by atoms with E-state index in [0.717, 1.165) is 10.5 Å². The average molecular weight is 490 g/mol. The Kier molecular flexibility index (Phi) is 12.4. The van der Waals surface area contributed by atoms with Gasteiger partial charge < -0.3 is 27.0 Å². The fourth-order valence-electron chi connectivity index (χ4n) is 3.36. The molecule has 1 rings (SSSR count). The molecule has 1 aromatic carbocycles. The largest absolute Gasteiger partial charge is 0.508 e. The van der Waals surface area contributed by atoms with Crippen molar-refractivity contribution in [2.45, 2.75) is 70.5 Å². The summed E-state index contributed by atoms with van der Waals surface area (Å²) in [5, 5.41) is 30.0. The first-order chi connectivity index (χ1) is 16.5. The number of carbonyl (C=O) groups is 4. The molecule has 0 saturated heterocycles. The number of amides is 3. The molecule has 3 atom stereocenters. The van der Waals surface area contributed by atoms with Crippen LogP contribution in [0.3, 0.4) is 0 Å². The fourth-order valence-corrected chi connectivity index (χ4v) is 3.36. The maximum atomic E-state index is 13.3. The number of aromatic hydroxyl groups is 1. The lowest BCUT2D eigenvalue weighted by molar-refractivity contribution is -0.154. The topological polar surface area (TPSA) is 200 Å². The van der Waals surface area contributed by atoms with Crippen molar-refractivity contribution in [2.24, 2.45) is 17.4 Å². The number of nitrogens with two attached hydrogens (primary N) is 2. The summed E-state index contributed by atoms with van der Waals surface area (Å²) in [4.78, 5) is 51.6. The van der Waals surface area contributed by atoms with Crippen LogP contribution >= 0.6 is 0 Å². The maximum absolute atomic E-state index is 13.3. The summed E-state index contributed by atoms with van der Waals surface area (Å²) >= 11 is 0. The second-order valence-corrected chi connectivity index (χ2v) is 8.63. The summed E-state index contributed by atoms with van der Waals surface area (Å²) in [6.07, 6.45) is 0.522. The molecule has 0 radical (unpaired) electrons. The Hall–Kier alpha value is -3.49. The molecule has 1 unspecified atom stereocenters. The Balaban J connectivity index is 3.26. The molecule has 192 valence electrons. The van der Waals surface area contributed by atoms with Gasteiger partial charge in [-0.3, -0.25) is 24.1 Å². The smallest absolute Gasteiger partial charge is 0.306 e. The molecule has 0 aromatic heterocycles. The van der Waals surface area contributed by atoms with E-state index in [4.69, 9.17) is 16.6 Å². The van der Waals surface area contributed by atoms with Crippen LogP contribution in [0.1, 0.15) is 51.5 Å². The Morgan fingerprint density at radius 2 is 1.77 bits per heavy atom. The number of hydrogen-bond donors (Lipinski definition) is 5. The highest BCUT2D eigenvalue weighted by atomic mass is 16.4. The van der Waals surface area contributed by atoms with Gasteiger partial charge in [0.05, 0.1) is 18.5 Å². The lowest BCUT2D eigenvalue weighted by Gasteiger charge is -2.32. The van der Waals surface area contributed by atoms with Gasteiger partial charge in [-0.25, -0.2) is 0 Å². The summed E-state index contributed by atoms with van der Waals surface area (Å²) in [5.41, 5.74) is 12.4. The van der Waals surface area contributed by atoms with Gasteiger partial charge in [-0.2, -0.15) is 5.26 Å². The summed E-state index contributed by atoms with van der Waals surface area (Å²) in [6, 6.07) is 4.28. The molecule has 0 spiro atoms. The molecule has 0 aliphatic rings. The van der Waals surface area contributed by atoms with Gasteiger partial charge in [0.1, 0.15) is 17.8 Å². The Labute approximate surface area is 205 Å². The van der Waals surface area contributed by atoms with Crippen molar-refractivity contribution in [3.63, 3.8) is 0 Å². The van der Waals surface area contributed by atoms with Gasteiger partial charge in [0.15, 0.2) is 0 Å². The molecule has 11 nitrogen and oxygen atoms in total. The van der Waals surface area contributed by atoms with E-state index >= 15 is 0 Å². The van der Waals surface area contributed by atoms with E-state index in [2.05, 4.69) is 5.32 Å². The molecule has 35 heavy (non-hydrogen) atoms. The minimum absolute atomic E-state index is 0.0739. The quantitative estimate of drug-likeness (QED) is 0.233. The second-order valence-electron chi connectivity index (χ2n) is 8.63. The van der Waals surface area contributed by atoms with E-state index in [0.29, 0.717) is 19.4 Å². The highest BCUT2D eigenvalue weighted by molar-refractivity contribution is 6.02. The van der Waals surface area contributed by atoms with E-state index in [1.807, 2.05) is 0 Å². The number of phenolic OH excluding ortho intramolecular Hbond substituents is 1. The normalized spacial score (nSPS) is 13.4. The molecule has 0 heterocycles. The van der Waals surface area contributed by atoms with Crippen LogP contribution in [0.5, 0.6) is 5.75 Å². The Morgan fingerprint density at radius 1 is 1.14 bits per heavy atom. The SMILES string of the molecule is CC(C)[C@H](N)C(=O)N(C(=O)CCc1ccc(O)cc1)[C@@H](CCCCN)C(=O)NC(C#N)CC(=O)O. The third kappa shape index (κ3) is 9.72. The van der Waals surface area contributed by atoms with Crippen LogP contribution in [0, 0.1) is 17.2 Å². The number of rotatable bonds is 14. The van der Waals surface area contributed by atoms with Gasteiger partial charge >= 0.3 is 5.97 Å². The standard InChI is InChI=1S/C24H35N5O6/c1-15(2)22(27)24(35)29(20(31)11-8-16-6-9-18(30)10-7-16)19(5-3-4-12-25)23(34)28-17(14-26)13-21(32)33/h6-7,9-10,15,17,19,22,30H,3-5,8,11-13,25,27H2,1-2H3,(H,28,34)(H,32,33)/t17?,19-,22-/m0/s1. The van der Waals surface area contributed by atoms with Crippen molar-refractivity contribution in [3.05, 3.63) is 29.8 Å². The maximum Gasteiger partial charge on any atom is 0.306 e. The van der Waals surface area contributed by atoms with Crippen LogP contribution in [0.4, 0.5) is 0 Å². The number of aryl methyl sites for hydroxylation is 1. The van der Waals surface area contributed by atoms with Crippen molar-refractivity contribution in [2.75, 3.05) is 6.54 Å². The number of aliphatic carboxylic acids is 1. The van der Waals surface area contributed by atoms with E-state index in [1.54, 1.807) is 32.0 Å². The van der Waals surface area contributed by atoms with Gasteiger partial charge in [0.2, 0.25) is 17.7 Å². The minimum Gasteiger partial charge on any atom is -0.508 e. The first-order valence-electron chi connectivity index (χ1n) is 11.5. The number of benzene rings is 1. The zero-order chi connectivity index (χ0) is 26.5. The lowest BCUT2D eigenvalue weighted by atomic mass is 9.99. The monoisotopic (exact) mass is 489 g/mol. The Morgan fingerprint density at radius 3 is 2.29 bits per heavy atom. The second kappa shape index (κ2) is 14.7. The molecule has 11 heteroatoms. The molecule has 0 fully saturated rings. The first kappa shape index (κ1) is 29.5. The van der Waals surface area contributed by atoms with Crippen molar-refractivity contribution in [1.29, 1.82) is 5.26 Å². The van der Waals surface area contributed by atoms with E-state index in [9.17, 15) is 29.5 Å². The summed E-state index contributed by atoms with van der Waals surface area (Å²) < 4.78 is 0. The zero-order valence-electron chi connectivity index (χ0n) is 20.1. The van der Waals surface area contributed by atoms with E-state index < -0.39 is 48.2 Å². The Bertz CT molecular complexity index is 912. The number of unbranched alkanes of at least 4 members (excludes halogenated alkanes) is 1. The van der Waals surface area contributed by atoms with Crippen LogP contribution in [-0.2, 0) is 25.6 Å². The summed E-state index contributed by atoms with van der Waals surface area (Å²) in [6.45, 7) is 3.76. The van der Waals surface area contributed by atoms with Crippen molar-refractivity contribution in [1.82, 2.24) is 10.2 Å². The number of carbonyl (C=O) groups excluding carboxylic acids is 3. The third-order valence-electron chi connectivity index (χ3n) is 5.47. The molecule has 0 bridgehead atoms. The minimum atomic E-state index is -1.33. The highest BCUT2D eigenvalue weighted by Gasteiger charge is 2.38.